The van der Waals surface area contributed by atoms with Gasteiger partial charge in [-0.25, -0.2) is 0 Å². The summed E-state index contributed by atoms with van der Waals surface area (Å²) in [7, 11) is 1.24. The van der Waals surface area contributed by atoms with Gasteiger partial charge < -0.3 is 9.31 Å². The fourth-order valence-corrected chi connectivity index (χ4v) is 0.969. The summed E-state index contributed by atoms with van der Waals surface area (Å²) in [6.45, 7) is 0. The number of hydrogen-bond donors (Lipinski definition) is 0. The van der Waals surface area contributed by atoms with Gasteiger partial charge in [-0.05, 0) is 24.3 Å². The first-order valence-corrected chi connectivity index (χ1v) is 4.40. The molecule has 2 rings (SSSR count). The SMILES string of the molecule is Cl.[B](Oc1cccnc1)Oc1cccnc1. The van der Waals surface area contributed by atoms with E-state index in [1.54, 1.807) is 49.1 Å². The lowest BCUT2D eigenvalue weighted by Crippen LogP contribution is -2.10. The first kappa shape index (κ1) is 12.3. The molecule has 0 saturated carbocycles. The Labute approximate surface area is 100 Å². The van der Waals surface area contributed by atoms with E-state index in [2.05, 4.69) is 9.97 Å². The molecule has 2 aromatic heterocycles. The molecular formula is C10H9BClN2O2. The molecule has 4 nitrogen and oxygen atoms in total. The molecule has 0 aliphatic heterocycles. The lowest BCUT2D eigenvalue weighted by atomic mass is 10.3. The Morgan fingerprint density at radius 3 is 1.75 bits per heavy atom. The van der Waals surface area contributed by atoms with Crippen molar-refractivity contribution in [3.05, 3.63) is 49.1 Å². The molecule has 2 aromatic rings. The molecule has 0 aromatic carbocycles. The number of halogens is 1. The van der Waals surface area contributed by atoms with E-state index in [9.17, 15) is 0 Å². The Bertz CT molecular complexity index is 363. The highest BCUT2D eigenvalue weighted by Crippen LogP contribution is 2.08. The summed E-state index contributed by atoms with van der Waals surface area (Å²) in [5, 5.41) is 0. The minimum Gasteiger partial charge on any atom is -0.525 e. The third kappa shape index (κ3) is 3.78. The van der Waals surface area contributed by atoms with E-state index in [1.807, 2.05) is 0 Å². The van der Waals surface area contributed by atoms with Crippen LogP contribution < -0.4 is 9.31 Å². The molecule has 0 bridgehead atoms. The van der Waals surface area contributed by atoms with Crippen molar-refractivity contribution in [2.45, 2.75) is 0 Å². The van der Waals surface area contributed by atoms with Crippen LogP contribution in [0.5, 0.6) is 11.5 Å². The summed E-state index contributed by atoms with van der Waals surface area (Å²) in [5.74, 6) is 1.25. The van der Waals surface area contributed by atoms with E-state index >= 15 is 0 Å². The molecule has 0 aliphatic carbocycles. The highest BCUT2D eigenvalue weighted by molar-refractivity contribution is 6.20. The van der Waals surface area contributed by atoms with E-state index in [0.717, 1.165) is 0 Å². The number of aromatic nitrogens is 2. The van der Waals surface area contributed by atoms with Gasteiger partial charge in [0.25, 0.3) is 0 Å². The maximum Gasteiger partial charge on any atom is 0.658 e. The van der Waals surface area contributed by atoms with Crippen LogP contribution in [0.3, 0.4) is 0 Å². The van der Waals surface area contributed by atoms with Gasteiger partial charge in [0.2, 0.25) is 0 Å². The predicted molar refractivity (Wildman–Crippen MR) is 62.7 cm³/mol. The van der Waals surface area contributed by atoms with Gasteiger partial charge in [0.15, 0.2) is 0 Å². The standard InChI is InChI=1S/C10H8BN2O2.ClH/c1-3-9(7-12-5-1)14-11-15-10-4-2-6-13-8-10;/h1-8H;1H. The summed E-state index contributed by atoms with van der Waals surface area (Å²) in [5.41, 5.74) is 0. The molecule has 0 fully saturated rings. The quantitative estimate of drug-likeness (QED) is 0.759. The molecule has 0 unspecified atom stereocenters. The number of pyridine rings is 2. The highest BCUT2D eigenvalue weighted by atomic mass is 35.5. The van der Waals surface area contributed by atoms with E-state index in [0.29, 0.717) is 11.5 Å². The second kappa shape index (κ2) is 6.69. The maximum absolute atomic E-state index is 5.17. The van der Waals surface area contributed by atoms with E-state index in [-0.39, 0.29) is 12.4 Å². The number of hydrogen-bond acceptors (Lipinski definition) is 4. The smallest absolute Gasteiger partial charge is 0.525 e. The fourth-order valence-electron chi connectivity index (χ4n) is 0.969. The average Bonchev–Trinajstić information content (AvgIpc) is 2.32. The van der Waals surface area contributed by atoms with Crippen molar-refractivity contribution in [1.82, 2.24) is 9.97 Å². The third-order valence-corrected chi connectivity index (χ3v) is 1.64. The van der Waals surface area contributed by atoms with Gasteiger partial charge in [-0.2, -0.15) is 0 Å². The summed E-state index contributed by atoms with van der Waals surface area (Å²) in [6, 6.07) is 7.15. The second-order valence-electron chi connectivity index (χ2n) is 2.71. The molecule has 0 saturated heterocycles. The van der Waals surface area contributed by atoms with Crippen LogP contribution in [0.25, 0.3) is 0 Å². The minimum absolute atomic E-state index is 0. The van der Waals surface area contributed by atoms with Crippen LogP contribution >= 0.6 is 12.4 Å². The molecule has 1 radical (unpaired) electrons. The van der Waals surface area contributed by atoms with E-state index < -0.39 is 0 Å². The largest absolute Gasteiger partial charge is 0.658 e. The van der Waals surface area contributed by atoms with Gasteiger partial charge in [0, 0.05) is 12.4 Å². The molecule has 0 atom stereocenters. The maximum atomic E-state index is 5.17. The monoisotopic (exact) mass is 235 g/mol. The molecule has 6 heteroatoms. The van der Waals surface area contributed by atoms with Crippen LogP contribution in [0.15, 0.2) is 49.1 Å². The third-order valence-electron chi connectivity index (χ3n) is 1.64. The van der Waals surface area contributed by atoms with Crippen molar-refractivity contribution in [3.8, 4) is 11.5 Å². The summed E-state index contributed by atoms with van der Waals surface area (Å²) < 4.78 is 10.3. The zero-order valence-electron chi connectivity index (χ0n) is 8.32. The van der Waals surface area contributed by atoms with Crippen molar-refractivity contribution in [2.75, 3.05) is 0 Å². The first-order chi connectivity index (χ1) is 7.45. The van der Waals surface area contributed by atoms with Gasteiger partial charge in [0.05, 0.1) is 12.4 Å². The lowest BCUT2D eigenvalue weighted by Gasteiger charge is -2.04. The zero-order chi connectivity index (χ0) is 10.3. The molecule has 0 amide bonds. The van der Waals surface area contributed by atoms with Crippen LogP contribution in [0.2, 0.25) is 0 Å². The van der Waals surface area contributed by atoms with Crippen molar-refractivity contribution < 1.29 is 9.31 Å². The van der Waals surface area contributed by atoms with Gasteiger partial charge in [-0.1, -0.05) is 0 Å². The number of rotatable bonds is 4. The van der Waals surface area contributed by atoms with Crippen LogP contribution in [0, 0.1) is 0 Å². The Kier molecular flexibility index (Phi) is 5.15. The first-order valence-electron chi connectivity index (χ1n) is 4.40. The highest BCUT2D eigenvalue weighted by Gasteiger charge is 2.00. The van der Waals surface area contributed by atoms with Crippen molar-refractivity contribution in [2.24, 2.45) is 0 Å². The van der Waals surface area contributed by atoms with Crippen LogP contribution in [0.4, 0.5) is 0 Å². The minimum atomic E-state index is 0. The molecule has 0 N–H and O–H groups in total. The molecule has 16 heavy (non-hydrogen) atoms. The summed E-state index contributed by atoms with van der Waals surface area (Å²) >= 11 is 0. The Hall–Kier alpha value is -1.75. The van der Waals surface area contributed by atoms with E-state index in [1.165, 1.54) is 7.69 Å². The van der Waals surface area contributed by atoms with Gasteiger partial charge in [0.1, 0.15) is 11.5 Å². The molecule has 0 aliphatic rings. The van der Waals surface area contributed by atoms with Crippen LogP contribution in [0.1, 0.15) is 0 Å². The van der Waals surface area contributed by atoms with Crippen molar-refractivity contribution in [3.63, 3.8) is 0 Å². The molecular weight excluding hydrogens is 226 g/mol. The van der Waals surface area contributed by atoms with Gasteiger partial charge in [-0.3, -0.25) is 9.97 Å². The van der Waals surface area contributed by atoms with Crippen LogP contribution in [-0.4, -0.2) is 17.7 Å². The Morgan fingerprint density at radius 1 is 0.875 bits per heavy atom. The van der Waals surface area contributed by atoms with Gasteiger partial charge in [-0.15, -0.1) is 12.4 Å². The normalized spacial score (nSPS) is 8.75. The van der Waals surface area contributed by atoms with Crippen molar-refractivity contribution in [1.29, 1.82) is 0 Å². The second-order valence-corrected chi connectivity index (χ2v) is 2.71. The zero-order valence-corrected chi connectivity index (χ0v) is 9.13. The summed E-state index contributed by atoms with van der Waals surface area (Å²) in [6.07, 6.45) is 6.55. The predicted octanol–water partition coefficient (Wildman–Crippen LogP) is 1.89. The Balaban J connectivity index is 0.00000128. The lowest BCUT2D eigenvalue weighted by molar-refractivity contribution is 0.456. The average molecular weight is 235 g/mol. The fraction of sp³-hybridized carbons (Fsp3) is 0. The van der Waals surface area contributed by atoms with Gasteiger partial charge >= 0.3 is 7.69 Å². The number of nitrogens with zero attached hydrogens (tertiary/aromatic N) is 2. The Morgan fingerprint density at radius 2 is 1.38 bits per heavy atom. The van der Waals surface area contributed by atoms with Crippen molar-refractivity contribution >= 4 is 20.1 Å². The summed E-state index contributed by atoms with van der Waals surface area (Å²) in [4.78, 5) is 7.79. The van der Waals surface area contributed by atoms with Crippen LogP contribution in [-0.2, 0) is 0 Å². The topological polar surface area (TPSA) is 44.2 Å². The molecule has 81 valence electrons. The molecule has 0 spiro atoms. The molecule has 2 heterocycles. The van der Waals surface area contributed by atoms with E-state index in [4.69, 9.17) is 9.31 Å².